The van der Waals surface area contributed by atoms with E-state index in [1.54, 1.807) is 0 Å². The highest BCUT2D eigenvalue weighted by Crippen LogP contribution is 2.33. The van der Waals surface area contributed by atoms with E-state index in [0.29, 0.717) is 54.6 Å². The number of fused-ring (bicyclic) bond motifs is 1. The molecule has 0 unspecified atom stereocenters. The van der Waals surface area contributed by atoms with Gasteiger partial charge in [-0.25, -0.2) is 0 Å². The minimum Gasteiger partial charge on any atom is -0.354 e. The van der Waals surface area contributed by atoms with Gasteiger partial charge in [-0.15, -0.1) is 0 Å². The van der Waals surface area contributed by atoms with Gasteiger partial charge in [-0.3, -0.25) is 9.59 Å². The smallest absolute Gasteiger partial charge is 0.253 e. The number of halogens is 2. The van der Waals surface area contributed by atoms with Crippen LogP contribution in [0.25, 0.3) is 22.2 Å². The zero-order chi connectivity index (χ0) is 24.4. The van der Waals surface area contributed by atoms with Gasteiger partial charge in [0.1, 0.15) is 0 Å². The van der Waals surface area contributed by atoms with Crippen LogP contribution in [0, 0.1) is 0 Å². The highest BCUT2D eigenvalue weighted by atomic mass is 35.5. The van der Waals surface area contributed by atoms with Crippen LogP contribution >= 0.6 is 23.2 Å². The van der Waals surface area contributed by atoms with Crippen LogP contribution in [-0.2, 0) is 11.2 Å². The van der Waals surface area contributed by atoms with E-state index in [9.17, 15) is 9.59 Å². The normalized spacial score (nSPS) is 13.9. The molecule has 0 spiro atoms. The number of amides is 2. The predicted molar refractivity (Wildman–Crippen MR) is 141 cm³/mol. The van der Waals surface area contributed by atoms with Gasteiger partial charge in [0.05, 0.1) is 0 Å². The standard InChI is InChI=1S/C28H25Cl2N3O2/c29-21-8-6-19(7-9-21)27-23(24-18-22(30)10-12-25(24)31-27)11-13-26(34)32-14-16-33(17-15-32)28(35)20-4-2-1-3-5-20/h1-10,12,18,31H,11,13-17H2. The molecule has 0 atom stereocenters. The summed E-state index contributed by atoms with van der Waals surface area (Å²) >= 11 is 12.4. The van der Waals surface area contributed by atoms with Crippen molar-refractivity contribution in [1.29, 1.82) is 0 Å². The number of piperazine rings is 1. The molecule has 0 bridgehead atoms. The second-order valence-electron chi connectivity index (χ2n) is 8.71. The highest BCUT2D eigenvalue weighted by molar-refractivity contribution is 6.31. The van der Waals surface area contributed by atoms with Gasteiger partial charge in [-0.1, -0.05) is 53.5 Å². The van der Waals surface area contributed by atoms with Crippen LogP contribution in [0.5, 0.6) is 0 Å². The molecule has 178 valence electrons. The molecule has 0 radical (unpaired) electrons. The van der Waals surface area contributed by atoms with Crippen LogP contribution in [0.2, 0.25) is 10.0 Å². The molecule has 1 aliphatic rings. The van der Waals surface area contributed by atoms with Crippen molar-refractivity contribution in [3.05, 3.63) is 94.0 Å². The number of benzene rings is 3. The summed E-state index contributed by atoms with van der Waals surface area (Å²) in [6.45, 7) is 2.17. The Morgan fingerprint density at radius 2 is 1.46 bits per heavy atom. The molecule has 4 aromatic rings. The fraction of sp³-hybridized carbons (Fsp3) is 0.214. The van der Waals surface area contributed by atoms with Gasteiger partial charge in [0.15, 0.2) is 0 Å². The first-order valence-electron chi connectivity index (χ1n) is 11.7. The average Bonchev–Trinajstić information content (AvgIpc) is 3.25. The van der Waals surface area contributed by atoms with Crippen LogP contribution in [0.3, 0.4) is 0 Å². The maximum Gasteiger partial charge on any atom is 0.253 e. The number of hydrogen-bond donors (Lipinski definition) is 1. The summed E-state index contributed by atoms with van der Waals surface area (Å²) in [4.78, 5) is 33.0. The number of aryl methyl sites for hydroxylation is 1. The van der Waals surface area contributed by atoms with Gasteiger partial charge in [0, 0.05) is 64.8 Å². The van der Waals surface area contributed by atoms with E-state index >= 15 is 0 Å². The Morgan fingerprint density at radius 1 is 0.800 bits per heavy atom. The zero-order valence-electron chi connectivity index (χ0n) is 19.1. The minimum absolute atomic E-state index is 0.0148. The summed E-state index contributed by atoms with van der Waals surface area (Å²) in [6.07, 6.45) is 0.965. The zero-order valence-corrected chi connectivity index (χ0v) is 20.6. The van der Waals surface area contributed by atoms with E-state index in [2.05, 4.69) is 4.98 Å². The fourth-order valence-electron chi connectivity index (χ4n) is 4.65. The molecule has 5 nitrogen and oxygen atoms in total. The molecule has 2 heterocycles. The van der Waals surface area contributed by atoms with Crippen LogP contribution in [0.1, 0.15) is 22.3 Å². The van der Waals surface area contributed by atoms with Crippen LogP contribution in [0.15, 0.2) is 72.8 Å². The fourth-order valence-corrected chi connectivity index (χ4v) is 4.95. The first-order valence-corrected chi connectivity index (χ1v) is 12.4. The molecule has 0 saturated carbocycles. The maximum absolute atomic E-state index is 13.1. The summed E-state index contributed by atoms with van der Waals surface area (Å²) in [5, 5.41) is 2.36. The lowest BCUT2D eigenvalue weighted by Crippen LogP contribution is -2.50. The topological polar surface area (TPSA) is 56.4 Å². The molecule has 3 aromatic carbocycles. The van der Waals surface area contributed by atoms with E-state index in [1.807, 2.05) is 82.6 Å². The van der Waals surface area contributed by atoms with Crippen molar-refractivity contribution < 1.29 is 9.59 Å². The van der Waals surface area contributed by atoms with Crippen molar-refractivity contribution in [2.24, 2.45) is 0 Å². The van der Waals surface area contributed by atoms with Crippen molar-refractivity contribution in [3.8, 4) is 11.3 Å². The minimum atomic E-state index is 0.0148. The number of nitrogens with zero attached hydrogens (tertiary/aromatic N) is 2. The molecule has 1 saturated heterocycles. The first-order chi connectivity index (χ1) is 17.0. The van der Waals surface area contributed by atoms with Gasteiger partial charge in [-0.2, -0.15) is 0 Å². The third-order valence-electron chi connectivity index (χ3n) is 6.53. The van der Waals surface area contributed by atoms with E-state index in [1.165, 1.54) is 0 Å². The Kier molecular flexibility index (Phi) is 6.80. The number of rotatable bonds is 5. The van der Waals surface area contributed by atoms with Gasteiger partial charge in [0.2, 0.25) is 5.91 Å². The third kappa shape index (κ3) is 5.07. The molecular formula is C28H25Cl2N3O2. The summed E-state index contributed by atoms with van der Waals surface area (Å²) in [5.74, 6) is 0.108. The van der Waals surface area contributed by atoms with Crippen LogP contribution in [0.4, 0.5) is 0 Å². The second-order valence-corrected chi connectivity index (χ2v) is 9.59. The monoisotopic (exact) mass is 505 g/mol. The highest BCUT2D eigenvalue weighted by Gasteiger charge is 2.25. The Bertz CT molecular complexity index is 1360. The Hall–Kier alpha value is -3.28. The lowest BCUT2D eigenvalue weighted by molar-refractivity contribution is -0.132. The lowest BCUT2D eigenvalue weighted by atomic mass is 10.0. The molecular weight excluding hydrogens is 481 g/mol. The number of aromatic amines is 1. The molecule has 1 aromatic heterocycles. The molecule has 1 fully saturated rings. The van der Waals surface area contributed by atoms with Crippen molar-refractivity contribution in [1.82, 2.24) is 14.8 Å². The van der Waals surface area contributed by atoms with Gasteiger partial charge in [0.25, 0.3) is 5.91 Å². The average molecular weight is 506 g/mol. The molecule has 2 amide bonds. The summed E-state index contributed by atoms with van der Waals surface area (Å²) in [6, 6.07) is 22.7. The number of hydrogen-bond acceptors (Lipinski definition) is 2. The quantitative estimate of drug-likeness (QED) is 0.358. The van der Waals surface area contributed by atoms with Crippen molar-refractivity contribution in [2.45, 2.75) is 12.8 Å². The van der Waals surface area contributed by atoms with Crippen LogP contribution < -0.4 is 0 Å². The van der Waals surface area contributed by atoms with Gasteiger partial charge >= 0.3 is 0 Å². The first kappa shape index (κ1) is 23.5. The number of carbonyl (C=O) groups excluding carboxylic acids is 2. The van der Waals surface area contributed by atoms with Gasteiger partial charge < -0.3 is 14.8 Å². The Labute approximate surface area is 214 Å². The van der Waals surface area contributed by atoms with E-state index < -0.39 is 0 Å². The van der Waals surface area contributed by atoms with E-state index in [4.69, 9.17) is 23.2 Å². The molecule has 0 aliphatic carbocycles. The van der Waals surface area contributed by atoms with Crippen molar-refractivity contribution >= 4 is 45.9 Å². The van der Waals surface area contributed by atoms with Crippen molar-refractivity contribution in [2.75, 3.05) is 26.2 Å². The summed E-state index contributed by atoms with van der Waals surface area (Å²) in [7, 11) is 0. The predicted octanol–water partition coefficient (Wildman–Crippen LogP) is 6.06. The molecule has 1 N–H and O–H groups in total. The van der Waals surface area contributed by atoms with Crippen LogP contribution in [-0.4, -0.2) is 52.8 Å². The molecule has 5 rings (SSSR count). The lowest BCUT2D eigenvalue weighted by Gasteiger charge is -2.35. The Balaban J connectivity index is 1.28. The third-order valence-corrected chi connectivity index (χ3v) is 7.02. The maximum atomic E-state index is 13.1. The van der Waals surface area contributed by atoms with Crippen molar-refractivity contribution in [3.63, 3.8) is 0 Å². The summed E-state index contributed by atoms with van der Waals surface area (Å²) in [5.41, 5.74) is 4.72. The second kappa shape index (κ2) is 10.1. The Morgan fingerprint density at radius 3 is 2.17 bits per heavy atom. The number of aromatic nitrogens is 1. The van der Waals surface area contributed by atoms with Gasteiger partial charge in [-0.05, 0) is 60.0 Å². The molecule has 7 heteroatoms. The number of H-pyrrole nitrogens is 1. The summed E-state index contributed by atoms with van der Waals surface area (Å²) < 4.78 is 0. The van der Waals surface area contributed by atoms with E-state index in [0.717, 1.165) is 27.7 Å². The molecule has 1 aliphatic heterocycles. The van der Waals surface area contributed by atoms with E-state index in [-0.39, 0.29) is 11.8 Å². The number of carbonyl (C=O) groups is 2. The SMILES string of the molecule is O=C(CCc1c(-c2ccc(Cl)cc2)[nH]c2ccc(Cl)cc12)N1CCN(C(=O)c2ccccc2)CC1. The number of nitrogens with one attached hydrogen (secondary N) is 1. The molecule has 35 heavy (non-hydrogen) atoms. The largest absolute Gasteiger partial charge is 0.354 e.